The number of aromatic nitrogens is 1. The first-order valence-electron chi connectivity index (χ1n) is 10.1. The second kappa shape index (κ2) is 8.49. The van der Waals surface area contributed by atoms with Crippen LogP contribution in [0.1, 0.15) is 63.5 Å². The number of hydrogen-bond donors (Lipinski definition) is 0. The molecule has 1 aliphatic heterocycles. The number of pyridine rings is 1. The molecule has 1 aromatic carbocycles. The monoisotopic (exact) mass is 398 g/mol. The number of amides is 1. The minimum atomic E-state index is -0.559. The van der Waals surface area contributed by atoms with Crippen LogP contribution >= 0.6 is 0 Å². The number of nitrogens with zero attached hydrogens (tertiary/aromatic N) is 2. The highest BCUT2D eigenvalue weighted by atomic mass is 16.6. The van der Waals surface area contributed by atoms with E-state index in [0.29, 0.717) is 12.2 Å². The van der Waals surface area contributed by atoms with Gasteiger partial charge >= 0.3 is 6.09 Å². The van der Waals surface area contributed by atoms with Crippen molar-refractivity contribution in [3.05, 3.63) is 41.6 Å². The van der Waals surface area contributed by atoms with Gasteiger partial charge in [0.15, 0.2) is 6.29 Å². The van der Waals surface area contributed by atoms with Crippen molar-refractivity contribution in [1.29, 1.82) is 0 Å². The number of benzene rings is 1. The molecule has 0 aliphatic carbocycles. The number of carbonyl (C=O) groups is 2. The highest BCUT2D eigenvalue weighted by Crippen LogP contribution is 2.27. The van der Waals surface area contributed by atoms with Crippen molar-refractivity contribution in [2.45, 2.75) is 77.9 Å². The van der Waals surface area contributed by atoms with Gasteiger partial charge in [0.1, 0.15) is 11.3 Å². The summed E-state index contributed by atoms with van der Waals surface area (Å²) < 4.78 is 11.6. The van der Waals surface area contributed by atoms with E-state index in [4.69, 9.17) is 9.47 Å². The molecule has 2 aromatic rings. The SMILES string of the molecule is C[C@@H]1CC(N(Cc2ccc3nc(C=O)ccc3c2)C(=O)OC(C)(C)C)C[C@H](C)O1. The third kappa shape index (κ3) is 5.54. The van der Waals surface area contributed by atoms with Crippen molar-refractivity contribution in [2.24, 2.45) is 0 Å². The summed E-state index contributed by atoms with van der Waals surface area (Å²) in [6, 6.07) is 9.49. The number of hydrogen-bond acceptors (Lipinski definition) is 5. The third-order valence-electron chi connectivity index (χ3n) is 4.99. The standard InChI is InChI=1S/C23H30N2O4/c1-15-10-20(11-16(2)28-15)25(22(27)29-23(3,4)5)13-17-6-9-21-18(12-17)7-8-19(14-26)24-21/h6-9,12,14-16,20H,10-11,13H2,1-5H3/t15-,16+,20?. The van der Waals surface area contributed by atoms with E-state index in [9.17, 15) is 9.59 Å². The summed E-state index contributed by atoms with van der Waals surface area (Å²) in [6.45, 7) is 10.2. The van der Waals surface area contributed by atoms with Gasteiger partial charge in [-0.25, -0.2) is 9.78 Å². The molecular formula is C23H30N2O4. The van der Waals surface area contributed by atoms with E-state index in [-0.39, 0.29) is 24.3 Å². The highest BCUT2D eigenvalue weighted by Gasteiger charge is 2.34. The van der Waals surface area contributed by atoms with E-state index >= 15 is 0 Å². The molecule has 1 aromatic heterocycles. The fourth-order valence-electron chi connectivity index (χ4n) is 3.84. The highest BCUT2D eigenvalue weighted by molar-refractivity contribution is 5.84. The van der Waals surface area contributed by atoms with Crippen LogP contribution in [0.5, 0.6) is 0 Å². The van der Waals surface area contributed by atoms with Crippen LogP contribution in [0.2, 0.25) is 0 Å². The Hall–Kier alpha value is -2.47. The molecule has 3 rings (SSSR count). The normalized spacial score (nSPS) is 22.3. The summed E-state index contributed by atoms with van der Waals surface area (Å²) in [5.41, 5.74) is 1.60. The van der Waals surface area contributed by atoms with Crippen LogP contribution in [0, 0.1) is 0 Å². The zero-order valence-electron chi connectivity index (χ0n) is 17.8. The topological polar surface area (TPSA) is 68.7 Å². The van der Waals surface area contributed by atoms with E-state index in [1.54, 1.807) is 6.07 Å². The average molecular weight is 399 g/mol. The second-order valence-electron chi connectivity index (χ2n) is 8.87. The van der Waals surface area contributed by atoms with Crippen molar-refractivity contribution < 1.29 is 19.1 Å². The zero-order valence-corrected chi connectivity index (χ0v) is 17.8. The van der Waals surface area contributed by atoms with Gasteiger partial charge in [0.2, 0.25) is 0 Å². The molecule has 156 valence electrons. The molecule has 0 radical (unpaired) electrons. The number of ether oxygens (including phenoxy) is 2. The number of carbonyl (C=O) groups excluding carboxylic acids is 2. The molecule has 29 heavy (non-hydrogen) atoms. The summed E-state index contributed by atoms with van der Waals surface area (Å²) >= 11 is 0. The fraction of sp³-hybridized carbons (Fsp3) is 0.522. The Kier molecular flexibility index (Phi) is 6.22. The molecule has 0 saturated carbocycles. The quantitative estimate of drug-likeness (QED) is 0.696. The Bertz CT molecular complexity index is 880. The number of aldehydes is 1. The van der Waals surface area contributed by atoms with Crippen molar-refractivity contribution in [2.75, 3.05) is 0 Å². The third-order valence-corrected chi connectivity index (χ3v) is 4.99. The van der Waals surface area contributed by atoms with Crippen LogP contribution < -0.4 is 0 Å². The maximum atomic E-state index is 13.0. The van der Waals surface area contributed by atoms with Crippen LogP contribution in [0.3, 0.4) is 0 Å². The Morgan fingerprint density at radius 3 is 2.52 bits per heavy atom. The molecule has 3 atom stereocenters. The van der Waals surface area contributed by atoms with Crippen LogP contribution in [0.25, 0.3) is 10.9 Å². The van der Waals surface area contributed by atoms with Crippen molar-refractivity contribution >= 4 is 23.3 Å². The molecular weight excluding hydrogens is 368 g/mol. The van der Waals surface area contributed by atoms with Gasteiger partial charge in [-0.2, -0.15) is 0 Å². The number of rotatable bonds is 4. The first-order chi connectivity index (χ1) is 13.6. The molecule has 1 amide bonds. The van der Waals surface area contributed by atoms with Crippen molar-refractivity contribution in [1.82, 2.24) is 9.88 Å². The lowest BCUT2D eigenvalue weighted by Crippen LogP contribution is -2.48. The minimum Gasteiger partial charge on any atom is -0.444 e. The van der Waals surface area contributed by atoms with E-state index in [0.717, 1.165) is 35.6 Å². The predicted molar refractivity (Wildman–Crippen MR) is 112 cm³/mol. The lowest BCUT2D eigenvalue weighted by Gasteiger charge is -2.39. The lowest BCUT2D eigenvalue weighted by atomic mass is 9.97. The van der Waals surface area contributed by atoms with Gasteiger partial charge in [0, 0.05) is 18.0 Å². The van der Waals surface area contributed by atoms with E-state index in [2.05, 4.69) is 4.98 Å². The van der Waals surface area contributed by atoms with E-state index in [1.165, 1.54) is 0 Å². The summed E-state index contributed by atoms with van der Waals surface area (Å²) in [5, 5.41) is 0.936. The number of fused-ring (bicyclic) bond motifs is 1. The van der Waals surface area contributed by atoms with Crippen LogP contribution in [-0.4, -0.2) is 46.1 Å². The smallest absolute Gasteiger partial charge is 0.410 e. The molecule has 1 saturated heterocycles. The van der Waals surface area contributed by atoms with E-state index < -0.39 is 5.60 Å². The second-order valence-corrected chi connectivity index (χ2v) is 8.87. The Labute approximate surface area is 172 Å². The fourth-order valence-corrected chi connectivity index (χ4v) is 3.84. The molecule has 1 unspecified atom stereocenters. The van der Waals surface area contributed by atoms with Gasteiger partial charge in [-0.3, -0.25) is 4.79 Å². The van der Waals surface area contributed by atoms with Crippen molar-refractivity contribution in [3.63, 3.8) is 0 Å². The molecule has 6 heteroatoms. The predicted octanol–water partition coefficient (Wildman–Crippen LogP) is 4.74. The van der Waals surface area contributed by atoms with Crippen LogP contribution in [0.15, 0.2) is 30.3 Å². The molecule has 1 aliphatic rings. The zero-order chi connectivity index (χ0) is 21.2. The molecule has 2 heterocycles. The van der Waals surface area contributed by atoms with Crippen LogP contribution in [-0.2, 0) is 16.0 Å². The Morgan fingerprint density at radius 1 is 1.21 bits per heavy atom. The Morgan fingerprint density at radius 2 is 1.90 bits per heavy atom. The van der Waals surface area contributed by atoms with Gasteiger partial charge in [-0.15, -0.1) is 0 Å². The van der Waals surface area contributed by atoms with Crippen LogP contribution in [0.4, 0.5) is 4.79 Å². The minimum absolute atomic E-state index is 0.0508. The first-order valence-corrected chi connectivity index (χ1v) is 10.1. The summed E-state index contributed by atoms with van der Waals surface area (Å²) in [5.74, 6) is 0. The summed E-state index contributed by atoms with van der Waals surface area (Å²) in [6.07, 6.45) is 2.18. The average Bonchev–Trinajstić information content (AvgIpc) is 2.63. The lowest BCUT2D eigenvalue weighted by molar-refractivity contribution is -0.0691. The maximum Gasteiger partial charge on any atom is 0.410 e. The van der Waals surface area contributed by atoms with Gasteiger partial charge in [0.25, 0.3) is 0 Å². The molecule has 0 spiro atoms. The van der Waals surface area contributed by atoms with Gasteiger partial charge < -0.3 is 14.4 Å². The summed E-state index contributed by atoms with van der Waals surface area (Å²) in [7, 11) is 0. The molecule has 0 bridgehead atoms. The maximum absolute atomic E-state index is 13.0. The van der Waals surface area contributed by atoms with Gasteiger partial charge in [-0.05, 0) is 71.2 Å². The van der Waals surface area contributed by atoms with E-state index in [1.807, 2.05) is 63.8 Å². The molecule has 1 fully saturated rings. The largest absolute Gasteiger partial charge is 0.444 e. The van der Waals surface area contributed by atoms with Crippen molar-refractivity contribution in [3.8, 4) is 0 Å². The van der Waals surface area contributed by atoms with Gasteiger partial charge in [-0.1, -0.05) is 12.1 Å². The summed E-state index contributed by atoms with van der Waals surface area (Å²) in [4.78, 5) is 30.1. The molecule has 6 nitrogen and oxygen atoms in total. The first kappa shape index (κ1) is 21.2. The van der Waals surface area contributed by atoms with Gasteiger partial charge in [0.05, 0.1) is 17.7 Å². The molecule has 0 N–H and O–H groups in total. The Balaban J connectivity index is 1.88.